The third kappa shape index (κ3) is 2.59. The molecule has 0 spiro atoms. The van der Waals surface area contributed by atoms with E-state index in [0.29, 0.717) is 5.02 Å². The number of halogens is 4. The quantitative estimate of drug-likeness (QED) is 0.622. The molecule has 0 bridgehead atoms. The van der Waals surface area contributed by atoms with E-state index >= 15 is 0 Å². The van der Waals surface area contributed by atoms with E-state index in [0.717, 1.165) is 14.2 Å². The number of hydrogen-bond acceptors (Lipinski definition) is 1. The van der Waals surface area contributed by atoms with Crippen molar-refractivity contribution in [3.63, 3.8) is 0 Å². The van der Waals surface area contributed by atoms with Crippen molar-refractivity contribution < 1.29 is 4.39 Å². The summed E-state index contributed by atoms with van der Waals surface area (Å²) in [7, 11) is 0. The second-order valence-electron chi connectivity index (χ2n) is 3.17. The number of benzene rings is 1. The van der Waals surface area contributed by atoms with Crippen molar-refractivity contribution >= 4 is 50.5 Å². The first-order chi connectivity index (χ1) is 7.58. The lowest BCUT2D eigenvalue weighted by atomic mass is 10.1. The van der Waals surface area contributed by atoms with Gasteiger partial charge in [-0.2, -0.15) is 0 Å². The molecule has 0 fully saturated rings. The zero-order chi connectivity index (χ0) is 11.7. The van der Waals surface area contributed by atoms with E-state index in [2.05, 4.69) is 15.9 Å². The highest BCUT2D eigenvalue weighted by Gasteiger charge is 2.16. The molecular formula is C11H6BrCl2FS. The Hall–Kier alpha value is -0.0900. The molecule has 0 aliphatic heterocycles. The molecule has 84 valence electrons. The third-order valence-corrected chi connectivity index (χ3v) is 4.69. The normalized spacial score (nSPS) is 12.8. The summed E-state index contributed by atoms with van der Waals surface area (Å²) in [5.41, 5.74) is 0.721. The average molecular weight is 340 g/mol. The first kappa shape index (κ1) is 12.4. The first-order valence-electron chi connectivity index (χ1n) is 4.42. The van der Waals surface area contributed by atoms with E-state index in [4.69, 9.17) is 23.2 Å². The van der Waals surface area contributed by atoms with Crippen LogP contribution in [0.4, 0.5) is 4.39 Å². The Balaban J connectivity index is 2.37. The predicted molar refractivity (Wildman–Crippen MR) is 71.1 cm³/mol. The van der Waals surface area contributed by atoms with E-state index in [9.17, 15) is 4.39 Å². The number of hydrogen-bond donors (Lipinski definition) is 0. The van der Waals surface area contributed by atoms with Crippen LogP contribution in [-0.4, -0.2) is 0 Å². The SMILES string of the molecule is Fc1ccc(C(Cl)c2ccc(Br)s2)c(Cl)c1. The van der Waals surface area contributed by atoms with E-state index in [1.54, 1.807) is 6.07 Å². The van der Waals surface area contributed by atoms with Gasteiger partial charge in [-0.1, -0.05) is 17.7 Å². The second-order valence-corrected chi connectivity index (χ2v) is 6.51. The van der Waals surface area contributed by atoms with E-state index < -0.39 is 0 Å². The molecule has 0 aliphatic carbocycles. The van der Waals surface area contributed by atoms with Gasteiger partial charge in [0, 0.05) is 9.90 Å². The molecule has 1 unspecified atom stereocenters. The van der Waals surface area contributed by atoms with Gasteiger partial charge in [-0.25, -0.2) is 4.39 Å². The Morgan fingerprint density at radius 3 is 2.56 bits per heavy atom. The Morgan fingerprint density at radius 2 is 2.00 bits per heavy atom. The summed E-state index contributed by atoms with van der Waals surface area (Å²) in [5.74, 6) is -0.357. The molecule has 0 N–H and O–H groups in total. The maximum Gasteiger partial charge on any atom is 0.124 e. The highest BCUT2D eigenvalue weighted by Crippen LogP contribution is 2.38. The maximum atomic E-state index is 12.9. The van der Waals surface area contributed by atoms with Crippen molar-refractivity contribution in [2.75, 3.05) is 0 Å². The fourth-order valence-electron chi connectivity index (χ4n) is 1.32. The van der Waals surface area contributed by atoms with Gasteiger partial charge in [-0.3, -0.25) is 0 Å². The van der Waals surface area contributed by atoms with Gasteiger partial charge in [0.05, 0.1) is 9.16 Å². The van der Waals surface area contributed by atoms with Crippen molar-refractivity contribution in [1.82, 2.24) is 0 Å². The van der Waals surface area contributed by atoms with Crippen molar-refractivity contribution in [2.45, 2.75) is 5.38 Å². The molecule has 5 heteroatoms. The van der Waals surface area contributed by atoms with Gasteiger partial charge in [0.1, 0.15) is 5.82 Å². The first-order valence-corrected chi connectivity index (χ1v) is 6.84. The van der Waals surface area contributed by atoms with E-state index in [1.165, 1.54) is 23.5 Å². The van der Waals surface area contributed by atoms with Crippen LogP contribution in [0.2, 0.25) is 5.02 Å². The van der Waals surface area contributed by atoms with Crippen LogP contribution in [0.3, 0.4) is 0 Å². The minimum atomic E-state index is -0.357. The van der Waals surface area contributed by atoms with Gasteiger partial charge < -0.3 is 0 Å². The number of rotatable bonds is 2. The van der Waals surface area contributed by atoms with Crippen molar-refractivity contribution in [3.05, 3.63) is 55.4 Å². The van der Waals surface area contributed by atoms with Crippen LogP contribution in [0.5, 0.6) is 0 Å². The van der Waals surface area contributed by atoms with Gasteiger partial charge in [-0.05, 0) is 45.8 Å². The van der Waals surface area contributed by atoms with Gasteiger partial charge in [-0.15, -0.1) is 22.9 Å². The summed E-state index contributed by atoms with van der Waals surface area (Å²) in [6, 6.07) is 8.09. The molecule has 0 nitrogen and oxygen atoms in total. The van der Waals surface area contributed by atoms with Gasteiger partial charge in [0.2, 0.25) is 0 Å². The van der Waals surface area contributed by atoms with Gasteiger partial charge in [0.25, 0.3) is 0 Å². The summed E-state index contributed by atoms with van der Waals surface area (Å²) >= 11 is 17.1. The standard InChI is InChI=1S/C11H6BrCl2FS/c12-10-4-3-9(16-10)11(14)7-2-1-6(15)5-8(7)13/h1-5,11H. The Kier molecular flexibility index (Phi) is 3.90. The smallest absolute Gasteiger partial charge is 0.124 e. The molecule has 0 aliphatic rings. The number of thiophene rings is 1. The molecule has 1 atom stereocenters. The molecule has 0 radical (unpaired) electrons. The monoisotopic (exact) mass is 338 g/mol. The molecule has 2 rings (SSSR count). The molecule has 1 heterocycles. The molecule has 1 aromatic carbocycles. The van der Waals surface area contributed by atoms with Crippen LogP contribution in [0, 0.1) is 5.82 Å². The summed E-state index contributed by atoms with van der Waals surface area (Å²) in [6.45, 7) is 0. The lowest BCUT2D eigenvalue weighted by Gasteiger charge is -2.09. The molecular weight excluding hydrogens is 334 g/mol. The zero-order valence-corrected chi connectivity index (χ0v) is 11.8. The molecule has 0 saturated heterocycles. The van der Waals surface area contributed by atoms with Crippen molar-refractivity contribution in [1.29, 1.82) is 0 Å². The minimum Gasteiger partial charge on any atom is -0.207 e. The van der Waals surface area contributed by atoms with Crippen LogP contribution >= 0.6 is 50.5 Å². The zero-order valence-electron chi connectivity index (χ0n) is 7.88. The van der Waals surface area contributed by atoms with E-state index in [-0.39, 0.29) is 11.2 Å². The van der Waals surface area contributed by atoms with E-state index in [1.807, 2.05) is 12.1 Å². The Labute approximate surface area is 115 Å². The van der Waals surface area contributed by atoms with Crippen LogP contribution in [0.15, 0.2) is 34.1 Å². The lowest BCUT2D eigenvalue weighted by molar-refractivity contribution is 0.627. The summed E-state index contributed by atoms with van der Waals surface area (Å²) in [6.07, 6.45) is 0. The predicted octanol–water partition coefficient (Wildman–Crippen LogP) is 5.63. The van der Waals surface area contributed by atoms with Crippen LogP contribution in [0.25, 0.3) is 0 Å². The molecule has 0 amide bonds. The third-order valence-electron chi connectivity index (χ3n) is 2.08. The van der Waals surface area contributed by atoms with Crippen LogP contribution in [0.1, 0.15) is 15.8 Å². The molecule has 0 saturated carbocycles. The van der Waals surface area contributed by atoms with Gasteiger partial charge in [0.15, 0.2) is 0 Å². The highest BCUT2D eigenvalue weighted by molar-refractivity contribution is 9.11. The maximum absolute atomic E-state index is 12.9. The van der Waals surface area contributed by atoms with Gasteiger partial charge >= 0.3 is 0 Å². The summed E-state index contributed by atoms with van der Waals surface area (Å²) in [5, 5.41) is 0.00826. The summed E-state index contributed by atoms with van der Waals surface area (Å²) in [4.78, 5) is 0.974. The molecule has 2 aromatic rings. The average Bonchev–Trinajstić information content (AvgIpc) is 2.64. The van der Waals surface area contributed by atoms with Crippen molar-refractivity contribution in [3.8, 4) is 0 Å². The Bertz CT molecular complexity index is 512. The molecule has 16 heavy (non-hydrogen) atoms. The Morgan fingerprint density at radius 1 is 1.25 bits per heavy atom. The summed E-state index contributed by atoms with van der Waals surface area (Å²) < 4.78 is 13.9. The van der Waals surface area contributed by atoms with Crippen LogP contribution in [-0.2, 0) is 0 Å². The minimum absolute atomic E-state index is 0.343. The molecule has 1 aromatic heterocycles. The van der Waals surface area contributed by atoms with Crippen LogP contribution < -0.4 is 0 Å². The second kappa shape index (κ2) is 5.05. The van der Waals surface area contributed by atoms with Crippen molar-refractivity contribution in [2.24, 2.45) is 0 Å². The fourth-order valence-corrected chi connectivity index (χ4v) is 3.47. The fraction of sp³-hybridized carbons (Fsp3) is 0.0909. The lowest BCUT2D eigenvalue weighted by Crippen LogP contribution is -1.92. The largest absolute Gasteiger partial charge is 0.207 e. The highest BCUT2D eigenvalue weighted by atomic mass is 79.9. The number of alkyl halides is 1. The topological polar surface area (TPSA) is 0 Å².